The summed E-state index contributed by atoms with van der Waals surface area (Å²) in [5.41, 5.74) is 4.37. The van der Waals surface area contributed by atoms with Crippen LogP contribution in [0, 0.1) is 5.82 Å². The Morgan fingerprint density at radius 2 is 1.73 bits per heavy atom. The van der Waals surface area contributed by atoms with Crippen LogP contribution < -0.4 is 5.32 Å². The van der Waals surface area contributed by atoms with Crippen molar-refractivity contribution in [3.63, 3.8) is 0 Å². The van der Waals surface area contributed by atoms with Gasteiger partial charge in [-0.3, -0.25) is 0 Å². The van der Waals surface area contributed by atoms with E-state index >= 15 is 0 Å². The number of anilines is 2. The third kappa shape index (κ3) is 2.88. The van der Waals surface area contributed by atoms with E-state index in [4.69, 9.17) is 0 Å². The number of nitrogens with one attached hydrogen (secondary N) is 1. The van der Waals surface area contributed by atoms with Crippen LogP contribution >= 0.6 is 11.3 Å². The molecule has 0 unspecified atom stereocenters. The van der Waals surface area contributed by atoms with E-state index in [-0.39, 0.29) is 5.82 Å². The van der Waals surface area contributed by atoms with E-state index in [1.54, 1.807) is 23.5 Å². The Kier molecular flexibility index (Phi) is 3.39. The van der Waals surface area contributed by atoms with Crippen LogP contribution in [-0.2, 0) is 0 Å². The van der Waals surface area contributed by atoms with Crippen LogP contribution in [-0.4, -0.2) is 4.98 Å². The molecule has 3 aromatic rings. The zero-order valence-corrected chi connectivity index (χ0v) is 12.7. The van der Waals surface area contributed by atoms with Crippen molar-refractivity contribution < 1.29 is 4.39 Å². The fourth-order valence-electron chi connectivity index (χ4n) is 2.46. The average Bonchev–Trinajstić information content (AvgIpc) is 3.30. The summed E-state index contributed by atoms with van der Waals surface area (Å²) in [7, 11) is 0. The first-order chi connectivity index (χ1) is 10.8. The van der Waals surface area contributed by atoms with Crippen molar-refractivity contribution in [3.05, 3.63) is 65.3 Å². The van der Waals surface area contributed by atoms with Crippen molar-refractivity contribution in [1.29, 1.82) is 0 Å². The van der Waals surface area contributed by atoms with Gasteiger partial charge in [-0.1, -0.05) is 24.3 Å². The van der Waals surface area contributed by atoms with Crippen LogP contribution in [0.1, 0.15) is 24.3 Å². The van der Waals surface area contributed by atoms with Crippen LogP contribution in [0.5, 0.6) is 0 Å². The maximum atomic E-state index is 12.9. The largest absolute Gasteiger partial charge is 0.332 e. The van der Waals surface area contributed by atoms with Gasteiger partial charge in [0, 0.05) is 16.6 Å². The number of rotatable bonds is 4. The molecule has 1 fully saturated rings. The number of hydrogen-bond donors (Lipinski definition) is 1. The SMILES string of the molecule is Fc1ccc(Nc2nc(-c3ccc(C4CC4)cc3)cs2)cc1. The Bertz CT molecular complexity index is 774. The lowest BCUT2D eigenvalue weighted by Crippen LogP contribution is -1.89. The number of benzene rings is 2. The van der Waals surface area contributed by atoms with E-state index < -0.39 is 0 Å². The minimum atomic E-state index is -0.235. The Hall–Kier alpha value is -2.20. The Labute approximate surface area is 132 Å². The second-order valence-corrected chi connectivity index (χ2v) is 6.42. The number of aromatic nitrogens is 1. The topological polar surface area (TPSA) is 24.9 Å². The smallest absolute Gasteiger partial charge is 0.187 e. The van der Waals surface area contributed by atoms with E-state index in [9.17, 15) is 4.39 Å². The van der Waals surface area contributed by atoms with Gasteiger partial charge >= 0.3 is 0 Å². The summed E-state index contributed by atoms with van der Waals surface area (Å²) in [6.45, 7) is 0. The molecule has 4 heteroatoms. The summed E-state index contributed by atoms with van der Waals surface area (Å²) < 4.78 is 12.9. The van der Waals surface area contributed by atoms with Crippen LogP contribution in [0.2, 0.25) is 0 Å². The lowest BCUT2D eigenvalue weighted by molar-refractivity contribution is 0.628. The summed E-state index contributed by atoms with van der Waals surface area (Å²) in [5, 5.41) is 6.05. The highest BCUT2D eigenvalue weighted by atomic mass is 32.1. The molecule has 0 atom stereocenters. The van der Waals surface area contributed by atoms with Crippen molar-refractivity contribution in [2.75, 3.05) is 5.32 Å². The molecular formula is C18H15FN2S. The minimum absolute atomic E-state index is 0.235. The number of nitrogens with zero attached hydrogens (tertiary/aromatic N) is 1. The summed E-state index contributed by atoms with van der Waals surface area (Å²) >= 11 is 1.55. The lowest BCUT2D eigenvalue weighted by atomic mass is 10.1. The molecule has 0 aliphatic heterocycles. The van der Waals surface area contributed by atoms with Gasteiger partial charge in [0.1, 0.15) is 5.82 Å². The van der Waals surface area contributed by atoms with Crippen molar-refractivity contribution in [3.8, 4) is 11.3 Å². The predicted octanol–water partition coefficient (Wildman–Crippen LogP) is 5.57. The molecule has 1 aromatic heterocycles. The monoisotopic (exact) mass is 310 g/mol. The van der Waals surface area contributed by atoms with Gasteiger partial charge in [-0.25, -0.2) is 9.37 Å². The normalized spacial score (nSPS) is 14.0. The number of thiazole rings is 1. The molecule has 1 aliphatic carbocycles. The highest BCUT2D eigenvalue weighted by Gasteiger charge is 2.23. The minimum Gasteiger partial charge on any atom is -0.332 e. The fraction of sp³-hybridized carbons (Fsp3) is 0.167. The summed E-state index contributed by atoms with van der Waals surface area (Å²) in [5.74, 6) is 0.543. The molecule has 1 saturated carbocycles. The lowest BCUT2D eigenvalue weighted by Gasteiger charge is -2.02. The van der Waals surface area contributed by atoms with E-state index in [1.165, 1.54) is 30.5 Å². The molecule has 1 heterocycles. The fourth-order valence-corrected chi connectivity index (χ4v) is 3.20. The third-order valence-corrected chi connectivity index (χ3v) is 4.61. The average molecular weight is 310 g/mol. The quantitative estimate of drug-likeness (QED) is 0.681. The predicted molar refractivity (Wildman–Crippen MR) is 89.2 cm³/mol. The van der Waals surface area contributed by atoms with Crippen molar-refractivity contribution >= 4 is 22.2 Å². The molecule has 1 aliphatic rings. The van der Waals surface area contributed by atoms with Gasteiger partial charge in [-0.15, -0.1) is 11.3 Å². The zero-order chi connectivity index (χ0) is 14.9. The molecule has 4 rings (SSSR count). The van der Waals surface area contributed by atoms with Gasteiger partial charge in [0.15, 0.2) is 5.13 Å². The zero-order valence-electron chi connectivity index (χ0n) is 11.9. The van der Waals surface area contributed by atoms with Gasteiger partial charge in [-0.05, 0) is 48.6 Å². The molecule has 0 saturated heterocycles. The van der Waals surface area contributed by atoms with E-state index in [0.29, 0.717) is 0 Å². The van der Waals surface area contributed by atoms with Gasteiger partial charge in [0.05, 0.1) is 5.69 Å². The van der Waals surface area contributed by atoms with Gasteiger partial charge in [0.25, 0.3) is 0 Å². The van der Waals surface area contributed by atoms with E-state index in [0.717, 1.165) is 28.0 Å². The molecule has 1 N–H and O–H groups in total. The summed E-state index contributed by atoms with van der Waals surface area (Å²) in [4.78, 5) is 4.60. The molecule has 22 heavy (non-hydrogen) atoms. The van der Waals surface area contributed by atoms with Crippen LogP contribution in [0.4, 0.5) is 15.2 Å². The Balaban J connectivity index is 1.51. The molecule has 0 spiro atoms. The van der Waals surface area contributed by atoms with E-state index in [2.05, 4.69) is 34.6 Å². The third-order valence-electron chi connectivity index (χ3n) is 3.85. The van der Waals surface area contributed by atoms with E-state index in [1.807, 2.05) is 5.38 Å². The molecule has 0 bridgehead atoms. The molecule has 2 aromatic carbocycles. The molecular weight excluding hydrogens is 295 g/mol. The number of halogens is 1. The van der Waals surface area contributed by atoms with Crippen LogP contribution in [0.3, 0.4) is 0 Å². The molecule has 0 radical (unpaired) electrons. The Morgan fingerprint density at radius 1 is 1.00 bits per heavy atom. The first kappa shape index (κ1) is 13.5. The van der Waals surface area contributed by atoms with Crippen molar-refractivity contribution in [2.45, 2.75) is 18.8 Å². The Morgan fingerprint density at radius 3 is 2.41 bits per heavy atom. The first-order valence-electron chi connectivity index (χ1n) is 7.36. The summed E-state index contributed by atoms with van der Waals surface area (Å²) in [6.07, 6.45) is 2.64. The van der Waals surface area contributed by atoms with Gasteiger partial charge in [0.2, 0.25) is 0 Å². The highest BCUT2D eigenvalue weighted by molar-refractivity contribution is 7.14. The molecule has 0 amide bonds. The number of hydrogen-bond acceptors (Lipinski definition) is 3. The van der Waals surface area contributed by atoms with Gasteiger partial charge < -0.3 is 5.32 Å². The second-order valence-electron chi connectivity index (χ2n) is 5.57. The molecule has 110 valence electrons. The van der Waals surface area contributed by atoms with Crippen LogP contribution in [0.15, 0.2) is 53.9 Å². The standard InChI is InChI=1S/C18H15FN2S/c19-15-7-9-16(10-8-15)20-18-21-17(11-22-18)14-5-3-13(4-6-14)12-1-2-12/h3-12H,1-2H2,(H,20,21). The van der Waals surface area contributed by atoms with Crippen LogP contribution in [0.25, 0.3) is 11.3 Å². The maximum Gasteiger partial charge on any atom is 0.187 e. The van der Waals surface area contributed by atoms with Crippen molar-refractivity contribution in [1.82, 2.24) is 4.98 Å². The van der Waals surface area contributed by atoms with Crippen molar-refractivity contribution in [2.24, 2.45) is 0 Å². The van der Waals surface area contributed by atoms with Gasteiger partial charge in [-0.2, -0.15) is 0 Å². The second kappa shape index (κ2) is 5.54. The summed E-state index contributed by atoms with van der Waals surface area (Å²) in [6, 6.07) is 15.0. The maximum absolute atomic E-state index is 12.9. The highest BCUT2D eigenvalue weighted by Crippen LogP contribution is 2.40. The molecule has 2 nitrogen and oxygen atoms in total. The first-order valence-corrected chi connectivity index (χ1v) is 8.24.